The van der Waals surface area contributed by atoms with Crippen LogP contribution in [-0.2, 0) is 14.3 Å². The summed E-state index contributed by atoms with van der Waals surface area (Å²) in [5, 5.41) is 0. The van der Waals surface area contributed by atoms with E-state index in [1.807, 2.05) is 6.92 Å². The Hall–Kier alpha value is -2.10. The first kappa shape index (κ1) is 15.0. The number of ether oxygens (including phenoxy) is 2. The molecule has 0 spiro atoms. The third-order valence-corrected chi connectivity index (χ3v) is 2.46. The minimum Gasteiger partial charge on any atom is -0.465 e. The summed E-state index contributed by atoms with van der Waals surface area (Å²) in [7, 11) is 1.33. The average molecular weight is 262 g/mol. The van der Waals surface area contributed by atoms with Gasteiger partial charge in [0.05, 0.1) is 19.3 Å². The number of carbonyl (C=O) groups excluding carboxylic acids is 2. The Balaban J connectivity index is 2.61. The summed E-state index contributed by atoms with van der Waals surface area (Å²) in [5.74, 6) is -0.780. The molecule has 1 aromatic carbocycles. The van der Waals surface area contributed by atoms with E-state index in [4.69, 9.17) is 4.74 Å². The zero-order chi connectivity index (χ0) is 14.1. The van der Waals surface area contributed by atoms with E-state index < -0.39 is 5.97 Å². The fourth-order valence-corrected chi connectivity index (χ4v) is 1.42. The molecule has 4 heteroatoms. The largest absolute Gasteiger partial charge is 0.465 e. The summed E-state index contributed by atoms with van der Waals surface area (Å²) >= 11 is 0. The van der Waals surface area contributed by atoms with Crippen LogP contribution in [0.25, 0.3) is 6.08 Å². The summed E-state index contributed by atoms with van der Waals surface area (Å²) < 4.78 is 9.61. The van der Waals surface area contributed by atoms with Crippen molar-refractivity contribution in [1.29, 1.82) is 0 Å². The fraction of sp³-hybridized carbons (Fsp3) is 0.333. The minimum absolute atomic E-state index is 0.378. The number of hydrogen-bond acceptors (Lipinski definition) is 4. The van der Waals surface area contributed by atoms with Gasteiger partial charge in [0.1, 0.15) is 0 Å². The molecule has 0 aliphatic rings. The van der Waals surface area contributed by atoms with Gasteiger partial charge in [-0.25, -0.2) is 9.59 Å². The molecule has 1 aromatic rings. The summed E-state index contributed by atoms with van der Waals surface area (Å²) in [6.45, 7) is 2.46. The van der Waals surface area contributed by atoms with Crippen molar-refractivity contribution >= 4 is 18.0 Å². The number of rotatable bonds is 6. The molecule has 0 atom stereocenters. The number of benzene rings is 1. The number of carbonyl (C=O) groups is 2. The van der Waals surface area contributed by atoms with Crippen LogP contribution < -0.4 is 0 Å². The number of unbranched alkanes of at least 4 members (excludes halogenated alkanes) is 1. The molecule has 0 heterocycles. The van der Waals surface area contributed by atoms with Gasteiger partial charge in [-0.05, 0) is 30.2 Å². The van der Waals surface area contributed by atoms with Crippen LogP contribution in [0, 0.1) is 0 Å². The summed E-state index contributed by atoms with van der Waals surface area (Å²) in [4.78, 5) is 22.7. The van der Waals surface area contributed by atoms with Gasteiger partial charge < -0.3 is 9.47 Å². The Labute approximate surface area is 113 Å². The van der Waals surface area contributed by atoms with Gasteiger partial charge in [-0.3, -0.25) is 0 Å². The second kappa shape index (κ2) is 8.08. The Bertz CT molecular complexity index is 463. The quantitative estimate of drug-likeness (QED) is 0.449. The third kappa shape index (κ3) is 5.38. The molecular formula is C15H18O4. The van der Waals surface area contributed by atoms with Crippen LogP contribution >= 0.6 is 0 Å². The standard InChI is InChI=1S/C15H18O4/c1-3-4-10-19-14(16)9-8-12-6-5-7-13(11-12)15(17)18-2/h5-9,11H,3-4,10H2,1-2H3/b9-8+. The van der Waals surface area contributed by atoms with E-state index >= 15 is 0 Å². The Morgan fingerprint density at radius 3 is 2.79 bits per heavy atom. The van der Waals surface area contributed by atoms with E-state index in [2.05, 4.69) is 4.74 Å². The SMILES string of the molecule is CCCCOC(=O)/C=C/c1cccc(C(=O)OC)c1. The molecule has 102 valence electrons. The molecule has 19 heavy (non-hydrogen) atoms. The molecule has 0 unspecified atom stereocenters. The maximum absolute atomic E-state index is 11.4. The highest BCUT2D eigenvalue weighted by molar-refractivity contribution is 5.91. The second-order valence-electron chi connectivity index (χ2n) is 3.97. The van der Waals surface area contributed by atoms with Gasteiger partial charge in [-0.1, -0.05) is 25.5 Å². The van der Waals surface area contributed by atoms with E-state index in [1.165, 1.54) is 13.2 Å². The summed E-state index contributed by atoms with van der Waals surface area (Å²) in [5.41, 5.74) is 1.19. The van der Waals surface area contributed by atoms with Gasteiger partial charge in [0.2, 0.25) is 0 Å². The maximum Gasteiger partial charge on any atom is 0.337 e. The molecule has 0 bridgehead atoms. The molecule has 4 nitrogen and oxygen atoms in total. The highest BCUT2D eigenvalue weighted by atomic mass is 16.5. The zero-order valence-corrected chi connectivity index (χ0v) is 11.2. The Morgan fingerprint density at radius 1 is 1.32 bits per heavy atom. The maximum atomic E-state index is 11.4. The molecule has 0 radical (unpaired) electrons. The van der Waals surface area contributed by atoms with Gasteiger partial charge in [0.15, 0.2) is 0 Å². The molecule has 0 aliphatic heterocycles. The Kier molecular flexibility index (Phi) is 6.36. The summed E-state index contributed by atoms with van der Waals surface area (Å²) in [6, 6.07) is 6.83. The monoisotopic (exact) mass is 262 g/mol. The number of hydrogen-bond donors (Lipinski definition) is 0. The molecule has 1 rings (SSSR count). The third-order valence-electron chi connectivity index (χ3n) is 2.46. The predicted molar refractivity (Wildman–Crippen MR) is 72.7 cm³/mol. The van der Waals surface area contributed by atoms with Gasteiger partial charge in [0, 0.05) is 6.08 Å². The molecule has 0 saturated carbocycles. The van der Waals surface area contributed by atoms with Crippen molar-refractivity contribution < 1.29 is 19.1 Å². The normalized spacial score (nSPS) is 10.4. The first-order valence-corrected chi connectivity index (χ1v) is 6.20. The predicted octanol–water partition coefficient (Wildman–Crippen LogP) is 2.83. The average Bonchev–Trinajstić information content (AvgIpc) is 2.45. The molecular weight excluding hydrogens is 244 g/mol. The van der Waals surface area contributed by atoms with E-state index in [9.17, 15) is 9.59 Å². The molecule has 0 amide bonds. The van der Waals surface area contributed by atoms with Crippen molar-refractivity contribution in [2.24, 2.45) is 0 Å². The number of esters is 2. The lowest BCUT2D eigenvalue weighted by molar-refractivity contribution is -0.137. The molecule has 0 fully saturated rings. The van der Waals surface area contributed by atoms with E-state index in [-0.39, 0.29) is 5.97 Å². The van der Waals surface area contributed by atoms with Crippen molar-refractivity contribution in [3.63, 3.8) is 0 Å². The highest BCUT2D eigenvalue weighted by Gasteiger charge is 2.04. The van der Waals surface area contributed by atoms with Gasteiger partial charge >= 0.3 is 11.9 Å². The lowest BCUT2D eigenvalue weighted by Crippen LogP contribution is -2.02. The van der Waals surface area contributed by atoms with E-state index in [0.29, 0.717) is 12.2 Å². The first-order chi connectivity index (χ1) is 9.17. The fourth-order valence-electron chi connectivity index (χ4n) is 1.42. The van der Waals surface area contributed by atoms with Crippen molar-refractivity contribution in [1.82, 2.24) is 0 Å². The zero-order valence-electron chi connectivity index (χ0n) is 11.2. The molecule has 0 aromatic heterocycles. The van der Waals surface area contributed by atoms with Crippen molar-refractivity contribution in [3.05, 3.63) is 41.5 Å². The molecule has 0 saturated heterocycles. The van der Waals surface area contributed by atoms with Crippen LogP contribution in [0.15, 0.2) is 30.3 Å². The Morgan fingerprint density at radius 2 is 2.11 bits per heavy atom. The van der Waals surface area contributed by atoms with Gasteiger partial charge in [0.25, 0.3) is 0 Å². The smallest absolute Gasteiger partial charge is 0.337 e. The summed E-state index contributed by atoms with van der Waals surface area (Å²) in [6.07, 6.45) is 4.81. The van der Waals surface area contributed by atoms with Crippen molar-refractivity contribution in [2.75, 3.05) is 13.7 Å². The topological polar surface area (TPSA) is 52.6 Å². The van der Waals surface area contributed by atoms with Gasteiger partial charge in [-0.2, -0.15) is 0 Å². The lowest BCUT2D eigenvalue weighted by atomic mass is 10.1. The lowest BCUT2D eigenvalue weighted by Gasteiger charge is -2.01. The van der Waals surface area contributed by atoms with Crippen LogP contribution in [-0.4, -0.2) is 25.7 Å². The van der Waals surface area contributed by atoms with Crippen LogP contribution in [0.3, 0.4) is 0 Å². The first-order valence-electron chi connectivity index (χ1n) is 6.20. The van der Waals surface area contributed by atoms with Crippen LogP contribution in [0.5, 0.6) is 0 Å². The minimum atomic E-state index is -0.402. The molecule has 0 N–H and O–H groups in total. The molecule has 0 aliphatic carbocycles. The van der Waals surface area contributed by atoms with Crippen LogP contribution in [0.2, 0.25) is 0 Å². The number of methoxy groups -OCH3 is 1. The van der Waals surface area contributed by atoms with E-state index in [1.54, 1.807) is 30.3 Å². The van der Waals surface area contributed by atoms with Crippen molar-refractivity contribution in [3.8, 4) is 0 Å². The van der Waals surface area contributed by atoms with E-state index in [0.717, 1.165) is 18.4 Å². The highest BCUT2D eigenvalue weighted by Crippen LogP contribution is 2.08. The van der Waals surface area contributed by atoms with Crippen LogP contribution in [0.4, 0.5) is 0 Å². The van der Waals surface area contributed by atoms with Gasteiger partial charge in [-0.15, -0.1) is 0 Å². The second-order valence-corrected chi connectivity index (χ2v) is 3.97. The van der Waals surface area contributed by atoms with Crippen molar-refractivity contribution in [2.45, 2.75) is 19.8 Å². The van der Waals surface area contributed by atoms with Crippen LogP contribution in [0.1, 0.15) is 35.7 Å².